The third kappa shape index (κ3) is 5.43. The molecule has 0 aliphatic carbocycles. The van der Waals surface area contributed by atoms with E-state index in [0.29, 0.717) is 11.3 Å². The number of para-hydroxylation sites is 1. The normalized spacial score (nSPS) is 11.1. The molecule has 2 aromatic carbocycles. The molecule has 0 atom stereocenters. The first-order chi connectivity index (χ1) is 11.7. The minimum absolute atomic E-state index is 0.211. The molecule has 0 saturated carbocycles. The summed E-state index contributed by atoms with van der Waals surface area (Å²) >= 11 is 0. The Morgan fingerprint density at radius 1 is 1.21 bits per heavy atom. The van der Waals surface area contributed by atoms with Crippen molar-refractivity contribution >= 4 is 18.2 Å². The average molecular weight is 319 g/mol. The van der Waals surface area contributed by atoms with Gasteiger partial charge < -0.3 is 4.74 Å². The number of ether oxygens (including phenoxy) is 1. The van der Waals surface area contributed by atoms with Crippen LogP contribution in [-0.4, -0.2) is 18.7 Å². The third-order valence-electron chi connectivity index (χ3n) is 3.02. The highest BCUT2D eigenvalue weighted by atomic mass is 16.5. The summed E-state index contributed by atoms with van der Waals surface area (Å²) in [5.41, 5.74) is 4.73. The molecule has 5 nitrogen and oxygen atoms in total. The van der Waals surface area contributed by atoms with Gasteiger partial charge >= 0.3 is 0 Å². The van der Waals surface area contributed by atoms with Crippen LogP contribution in [0.1, 0.15) is 18.1 Å². The van der Waals surface area contributed by atoms with Crippen LogP contribution >= 0.6 is 0 Å². The maximum atomic E-state index is 11.7. The van der Waals surface area contributed by atoms with Gasteiger partial charge in [-0.15, -0.1) is 0 Å². The Bertz CT molecular complexity index is 790. The standard InChI is InChI=1S/C19H17N3O2/c1-15(11-16-7-3-2-4-8-16)13-21-22-19(23)14-24-18-10-6-5-9-17(18)12-20/h2-11,13H,14H2,1H3,(H,22,23)/b15-11+,21-13+. The van der Waals surface area contributed by atoms with Crippen LogP contribution in [0.15, 0.2) is 65.3 Å². The average Bonchev–Trinajstić information content (AvgIpc) is 2.61. The Hall–Kier alpha value is -3.39. The molecule has 0 fully saturated rings. The van der Waals surface area contributed by atoms with Crippen molar-refractivity contribution in [2.75, 3.05) is 6.61 Å². The summed E-state index contributed by atoms with van der Waals surface area (Å²) in [5.74, 6) is -0.0224. The molecule has 1 amide bonds. The number of nitriles is 1. The van der Waals surface area contributed by atoms with Gasteiger partial charge in [0.05, 0.1) is 11.8 Å². The van der Waals surface area contributed by atoms with E-state index < -0.39 is 5.91 Å². The molecule has 0 aliphatic rings. The molecule has 24 heavy (non-hydrogen) atoms. The van der Waals surface area contributed by atoms with Crippen LogP contribution < -0.4 is 10.2 Å². The highest BCUT2D eigenvalue weighted by Gasteiger charge is 2.05. The van der Waals surface area contributed by atoms with Crippen molar-refractivity contribution in [3.8, 4) is 11.8 Å². The number of rotatable bonds is 6. The summed E-state index contributed by atoms with van der Waals surface area (Å²) in [4.78, 5) is 11.7. The van der Waals surface area contributed by atoms with E-state index in [2.05, 4.69) is 10.5 Å². The molecule has 5 heteroatoms. The Balaban J connectivity index is 1.83. The quantitative estimate of drug-likeness (QED) is 0.656. The number of hydrazone groups is 1. The molecule has 1 N–H and O–H groups in total. The second-order valence-corrected chi connectivity index (χ2v) is 4.99. The van der Waals surface area contributed by atoms with E-state index in [1.165, 1.54) is 0 Å². The second kappa shape index (κ2) is 8.91. The fraction of sp³-hybridized carbons (Fsp3) is 0.105. The van der Waals surface area contributed by atoms with Gasteiger partial charge in [-0.1, -0.05) is 48.5 Å². The van der Waals surface area contributed by atoms with Gasteiger partial charge in [0.1, 0.15) is 11.8 Å². The van der Waals surface area contributed by atoms with Gasteiger partial charge in [0.2, 0.25) is 0 Å². The van der Waals surface area contributed by atoms with Crippen LogP contribution in [0.3, 0.4) is 0 Å². The zero-order chi connectivity index (χ0) is 17.2. The number of carbonyl (C=O) groups is 1. The monoisotopic (exact) mass is 319 g/mol. The van der Waals surface area contributed by atoms with Crippen molar-refractivity contribution in [2.45, 2.75) is 6.92 Å². The largest absolute Gasteiger partial charge is 0.482 e. The molecule has 0 bridgehead atoms. The van der Waals surface area contributed by atoms with Crippen LogP contribution in [0.25, 0.3) is 6.08 Å². The predicted octanol–water partition coefficient (Wildman–Crippen LogP) is 3.14. The Morgan fingerprint density at radius 2 is 1.92 bits per heavy atom. The zero-order valence-corrected chi connectivity index (χ0v) is 13.3. The first-order valence-electron chi connectivity index (χ1n) is 7.36. The van der Waals surface area contributed by atoms with Crippen LogP contribution in [-0.2, 0) is 4.79 Å². The molecule has 0 aromatic heterocycles. The number of nitrogens with one attached hydrogen (secondary N) is 1. The molecule has 0 unspecified atom stereocenters. The predicted molar refractivity (Wildman–Crippen MR) is 93.4 cm³/mol. The molecule has 2 aromatic rings. The molecule has 0 aliphatic heterocycles. The van der Waals surface area contributed by atoms with E-state index in [4.69, 9.17) is 10.00 Å². The van der Waals surface area contributed by atoms with Gasteiger partial charge in [-0.05, 0) is 30.2 Å². The maximum Gasteiger partial charge on any atom is 0.277 e. The number of hydrogen-bond acceptors (Lipinski definition) is 4. The summed E-state index contributed by atoms with van der Waals surface area (Å²) in [6, 6.07) is 18.6. The van der Waals surface area contributed by atoms with Crippen molar-refractivity contribution in [1.82, 2.24) is 5.43 Å². The van der Waals surface area contributed by atoms with Gasteiger partial charge in [0.25, 0.3) is 5.91 Å². The molecule has 0 saturated heterocycles. The fourth-order valence-corrected chi connectivity index (χ4v) is 1.92. The Labute approximate surface area is 140 Å². The number of hydrogen-bond donors (Lipinski definition) is 1. The van der Waals surface area contributed by atoms with Crippen LogP contribution in [0.5, 0.6) is 5.75 Å². The summed E-state index contributed by atoms with van der Waals surface area (Å²) in [6.07, 6.45) is 3.52. The van der Waals surface area contributed by atoms with E-state index >= 15 is 0 Å². The van der Waals surface area contributed by atoms with Gasteiger partial charge in [-0.25, -0.2) is 5.43 Å². The Kier molecular flexibility index (Phi) is 6.30. The number of amides is 1. The lowest BCUT2D eigenvalue weighted by Gasteiger charge is -2.06. The van der Waals surface area contributed by atoms with Crippen molar-refractivity contribution in [3.05, 3.63) is 71.3 Å². The topological polar surface area (TPSA) is 74.5 Å². The van der Waals surface area contributed by atoms with Crippen LogP contribution in [0.2, 0.25) is 0 Å². The summed E-state index contributed by atoms with van der Waals surface area (Å²) < 4.78 is 5.32. The van der Waals surface area contributed by atoms with Crippen molar-refractivity contribution in [1.29, 1.82) is 5.26 Å². The first kappa shape index (κ1) is 17.0. The van der Waals surface area contributed by atoms with E-state index in [1.807, 2.05) is 49.4 Å². The second-order valence-electron chi connectivity index (χ2n) is 4.99. The van der Waals surface area contributed by atoms with Crippen LogP contribution in [0, 0.1) is 11.3 Å². The minimum Gasteiger partial charge on any atom is -0.482 e. The smallest absolute Gasteiger partial charge is 0.277 e. The van der Waals surface area contributed by atoms with E-state index in [0.717, 1.165) is 11.1 Å². The lowest BCUT2D eigenvalue weighted by Crippen LogP contribution is -2.24. The van der Waals surface area contributed by atoms with Gasteiger partial charge in [-0.2, -0.15) is 10.4 Å². The zero-order valence-electron chi connectivity index (χ0n) is 13.3. The SMILES string of the molecule is CC(/C=N/NC(=O)COc1ccccc1C#N)=C\c1ccccc1. The van der Waals surface area contributed by atoms with E-state index in [1.54, 1.807) is 30.5 Å². The van der Waals surface area contributed by atoms with Crippen molar-refractivity contribution < 1.29 is 9.53 Å². The highest BCUT2D eigenvalue weighted by Crippen LogP contribution is 2.16. The number of nitrogens with zero attached hydrogens (tertiary/aromatic N) is 2. The van der Waals surface area contributed by atoms with Gasteiger partial charge in [0.15, 0.2) is 6.61 Å². The lowest BCUT2D eigenvalue weighted by atomic mass is 10.1. The van der Waals surface area contributed by atoms with E-state index in [-0.39, 0.29) is 6.61 Å². The van der Waals surface area contributed by atoms with Crippen molar-refractivity contribution in [2.24, 2.45) is 5.10 Å². The van der Waals surface area contributed by atoms with Crippen LogP contribution in [0.4, 0.5) is 0 Å². The number of carbonyl (C=O) groups excluding carboxylic acids is 1. The molecule has 0 spiro atoms. The molecule has 2 rings (SSSR count). The first-order valence-corrected chi connectivity index (χ1v) is 7.36. The molecule has 120 valence electrons. The Morgan fingerprint density at radius 3 is 2.67 bits per heavy atom. The van der Waals surface area contributed by atoms with Crippen molar-refractivity contribution in [3.63, 3.8) is 0 Å². The molecular weight excluding hydrogens is 302 g/mol. The van der Waals surface area contributed by atoms with E-state index in [9.17, 15) is 4.79 Å². The number of allylic oxidation sites excluding steroid dienone is 1. The fourth-order valence-electron chi connectivity index (χ4n) is 1.92. The molecule has 0 radical (unpaired) electrons. The summed E-state index contributed by atoms with van der Waals surface area (Å²) in [5, 5.41) is 12.8. The third-order valence-corrected chi connectivity index (χ3v) is 3.02. The van der Waals surface area contributed by atoms with Gasteiger partial charge in [0, 0.05) is 0 Å². The molecule has 0 heterocycles. The lowest BCUT2D eigenvalue weighted by molar-refractivity contribution is -0.123. The number of benzene rings is 2. The maximum absolute atomic E-state index is 11.7. The molecular formula is C19H17N3O2. The minimum atomic E-state index is -0.397. The van der Waals surface area contributed by atoms with Gasteiger partial charge in [-0.3, -0.25) is 4.79 Å². The highest BCUT2D eigenvalue weighted by molar-refractivity contribution is 5.86. The summed E-state index contributed by atoms with van der Waals surface area (Å²) in [6.45, 7) is 1.68. The summed E-state index contributed by atoms with van der Waals surface area (Å²) in [7, 11) is 0.